The number of hydrogen-bond donors (Lipinski definition) is 1. The average molecular weight is 508 g/mol. The van der Waals surface area contributed by atoms with Gasteiger partial charge in [-0.15, -0.1) is 11.3 Å². The van der Waals surface area contributed by atoms with Crippen LogP contribution < -0.4 is 5.32 Å². The molecule has 5 heterocycles. The maximum absolute atomic E-state index is 14.4. The number of rotatable bonds is 3. The second-order valence-corrected chi connectivity index (χ2v) is 10.8. The molecule has 0 atom stereocenters. The van der Waals surface area contributed by atoms with Gasteiger partial charge in [-0.25, -0.2) is 19.2 Å². The van der Waals surface area contributed by atoms with Crippen molar-refractivity contribution in [1.82, 2.24) is 19.3 Å². The van der Waals surface area contributed by atoms with E-state index in [1.807, 2.05) is 32.9 Å². The molecule has 1 N–H and O–H groups in total. The highest BCUT2D eigenvalue weighted by Gasteiger charge is 2.25. The fraction of sp³-hybridized carbons (Fsp3) is 0.308. The number of carbonyl (C=O) groups excluding carboxylic acids is 2. The van der Waals surface area contributed by atoms with Gasteiger partial charge in [-0.3, -0.25) is 4.79 Å². The van der Waals surface area contributed by atoms with E-state index in [0.29, 0.717) is 40.6 Å². The van der Waals surface area contributed by atoms with Gasteiger partial charge in [-0.2, -0.15) is 0 Å². The number of fused-ring (bicyclic) bond motifs is 2. The topological polar surface area (TPSA) is 88.8 Å². The lowest BCUT2D eigenvalue weighted by Crippen LogP contribution is -2.39. The molecule has 1 aliphatic rings. The Hall–Kier alpha value is -3.79. The highest BCUT2D eigenvalue weighted by molar-refractivity contribution is 7.20. The summed E-state index contributed by atoms with van der Waals surface area (Å²) in [5.41, 5.74) is 2.37. The van der Waals surface area contributed by atoms with Crippen molar-refractivity contribution in [2.24, 2.45) is 0 Å². The molecule has 36 heavy (non-hydrogen) atoms. The Morgan fingerprint density at radius 3 is 2.75 bits per heavy atom. The highest BCUT2D eigenvalue weighted by Crippen LogP contribution is 2.29. The number of hydrogen-bond acceptors (Lipinski definition) is 6. The van der Waals surface area contributed by atoms with E-state index in [1.54, 1.807) is 34.7 Å². The van der Waals surface area contributed by atoms with Crippen LogP contribution in [-0.4, -0.2) is 50.0 Å². The number of imidazole rings is 1. The molecule has 1 aliphatic heterocycles. The van der Waals surface area contributed by atoms with E-state index in [0.717, 1.165) is 16.7 Å². The molecule has 4 aromatic heterocycles. The summed E-state index contributed by atoms with van der Waals surface area (Å²) in [5.74, 6) is -0.854. The number of ether oxygens (including phenoxy) is 1. The molecule has 0 bridgehead atoms. The lowest BCUT2D eigenvalue weighted by molar-refractivity contribution is 0.0273. The molecule has 0 saturated carbocycles. The van der Waals surface area contributed by atoms with Crippen LogP contribution in [0.4, 0.5) is 14.9 Å². The molecular formula is C26H26FN5O3S. The van der Waals surface area contributed by atoms with E-state index in [2.05, 4.69) is 16.4 Å². The Morgan fingerprint density at radius 2 is 1.97 bits per heavy atom. The van der Waals surface area contributed by atoms with Gasteiger partial charge in [0.25, 0.3) is 5.91 Å². The summed E-state index contributed by atoms with van der Waals surface area (Å²) in [4.78, 5) is 37.2. The Balaban J connectivity index is 1.34. The number of nitrogens with zero attached hydrogens (tertiary/aromatic N) is 4. The molecule has 0 spiro atoms. The number of amides is 2. The number of carbonyl (C=O) groups is 2. The molecule has 0 radical (unpaired) electrons. The Bertz CT molecular complexity index is 1530. The Kier molecular flexibility index (Phi) is 5.99. The third kappa shape index (κ3) is 4.94. The minimum Gasteiger partial charge on any atom is -0.444 e. The normalized spacial score (nSPS) is 14.2. The van der Waals surface area contributed by atoms with E-state index in [-0.39, 0.29) is 17.6 Å². The highest BCUT2D eigenvalue weighted by atomic mass is 32.1. The van der Waals surface area contributed by atoms with Gasteiger partial charge in [0.15, 0.2) is 11.5 Å². The second-order valence-electron chi connectivity index (χ2n) is 9.77. The molecule has 8 nitrogen and oxygen atoms in total. The van der Waals surface area contributed by atoms with Gasteiger partial charge in [0, 0.05) is 30.4 Å². The molecular weight excluding hydrogens is 481 g/mol. The zero-order valence-electron chi connectivity index (χ0n) is 20.5. The fourth-order valence-electron chi connectivity index (χ4n) is 4.06. The number of aromatic nitrogens is 3. The third-order valence-corrected chi connectivity index (χ3v) is 6.67. The van der Waals surface area contributed by atoms with Crippen molar-refractivity contribution in [2.45, 2.75) is 39.7 Å². The van der Waals surface area contributed by atoms with Crippen molar-refractivity contribution in [3.8, 4) is 0 Å². The Labute approximate surface area is 211 Å². The second kappa shape index (κ2) is 9.02. The van der Waals surface area contributed by atoms with Crippen molar-refractivity contribution in [2.75, 3.05) is 18.4 Å². The van der Waals surface area contributed by atoms with Crippen LogP contribution in [0.3, 0.4) is 0 Å². The molecule has 186 valence electrons. The quantitative estimate of drug-likeness (QED) is 0.386. The zero-order valence-corrected chi connectivity index (χ0v) is 21.3. The van der Waals surface area contributed by atoms with Gasteiger partial charge in [0.1, 0.15) is 10.4 Å². The molecule has 0 aromatic carbocycles. The van der Waals surface area contributed by atoms with E-state index >= 15 is 0 Å². The summed E-state index contributed by atoms with van der Waals surface area (Å²) in [6, 6.07) is 6.84. The van der Waals surface area contributed by atoms with Gasteiger partial charge in [0.2, 0.25) is 0 Å². The van der Waals surface area contributed by atoms with E-state index in [1.165, 1.54) is 17.4 Å². The number of pyridine rings is 2. The van der Waals surface area contributed by atoms with Crippen molar-refractivity contribution < 1.29 is 18.7 Å². The number of nitrogens with one attached hydrogen (secondary N) is 1. The van der Waals surface area contributed by atoms with Gasteiger partial charge in [-0.05, 0) is 57.9 Å². The Morgan fingerprint density at radius 1 is 1.17 bits per heavy atom. The van der Waals surface area contributed by atoms with E-state index in [9.17, 15) is 14.0 Å². The summed E-state index contributed by atoms with van der Waals surface area (Å²) in [5, 5.41) is 3.60. The summed E-state index contributed by atoms with van der Waals surface area (Å²) >= 11 is 1.26. The summed E-state index contributed by atoms with van der Waals surface area (Å²) in [6.07, 6.45) is 5.78. The first-order chi connectivity index (χ1) is 17.1. The average Bonchev–Trinajstić information content (AvgIpc) is 3.41. The van der Waals surface area contributed by atoms with Crippen molar-refractivity contribution in [1.29, 1.82) is 0 Å². The standard InChI is InChI=1S/C26H26FN5O3S/c1-15-12-32-14-18(11-19(27)22(32)28-15)29-23(33)21-10-16-7-8-20(30-24(16)36-21)17-6-5-9-31(13-17)25(34)35-26(2,3)4/h6-8,10-12,14H,5,9,13H2,1-4H3,(H,29,33). The summed E-state index contributed by atoms with van der Waals surface area (Å²) < 4.78 is 21.4. The number of halogens is 1. The van der Waals surface area contributed by atoms with E-state index in [4.69, 9.17) is 9.72 Å². The first-order valence-electron chi connectivity index (χ1n) is 11.6. The fourth-order valence-corrected chi connectivity index (χ4v) is 4.99. The van der Waals surface area contributed by atoms with Crippen LogP contribution in [0.15, 0.2) is 42.7 Å². The first-order valence-corrected chi connectivity index (χ1v) is 12.4. The predicted octanol–water partition coefficient (Wildman–Crippen LogP) is 5.67. The molecule has 0 unspecified atom stereocenters. The van der Waals surface area contributed by atoms with Gasteiger partial charge in [-0.1, -0.05) is 6.08 Å². The van der Waals surface area contributed by atoms with E-state index < -0.39 is 11.4 Å². The van der Waals surface area contributed by atoms with Gasteiger partial charge in [0.05, 0.1) is 28.5 Å². The van der Waals surface area contributed by atoms with Gasteiger partial charge >= 0.3 is 6.09 Å². The summed E-state index contributed by atoms with van der Waals surface area (Å²) in [7, 11) is 0. The molecule has 0 fully saturated rings. The third-order valence-electron chi connectivity index (χ3n) is 5.62. The lowest BCUT2D eigenvalue weighted by Gasteiger charge is -2.30. The van der Waals surface area contributed by atoms with Crippen LogP contribution in [0.1, 0.15) is 48.3 Å². The van der Waals surface area contributed by atoms with Crippen LogP contribution >= 0.6 is 11.3 Å². The van der Waals surface area contributed by atoms with Crippen LogP contribution in [0.5, 0.6) is 0 Å². The van der Waals surface area contributed by atoms with Crippen molar-refractivity contribution in [3.05, 3.63) is 64.8 Å². The van der Waals surface area contributed by atoms with Crippen LogP contribution in [0.25, 0.3) is 21.4 Å². The summed E-state index contributed by atoms with van der Waals surface area (Å²) in [6.45, 7) is 8.32. The van der Waals surface area contributed by atoms with Crippen molar-refractivity contribution in [3.63, 3.8) is 0 Å². The van der Waals surface area contributed by atoms with Gasteiger partial charge < -0.3 is 19.4 Å². The molecule has 0 aliphatic carbocycles. The molecule has 0 saturated heterocycles. The largest absolute Gasteiger partial charge is 0.444 e. The SMILES string of the molecule is Cc1cn2cc(NC(=O)c3cc4ccc(C5=CCCN(C(=O)OC(C)(C)C)C5)nc4s3)cc(F)c2n1. The minimum atomic E-state index is -0.557. The maximum Gasteiger partial charge on any atom is 0.410 e. The smallest absolute Gasteiger partial charge is 0.410 e. The van der Waals surface area contributed by atoms with Crippen LogP contribution in [-0.2, 0) is 4.74 Å². The first kappa shape index (κ1) is 23.9. The minimum absolute atomic E-state index is 0.214. The van der Waals surface area contributed by atoms with Crippen molar-refractivity contribution >= 4 is 50.5 Å². The monoisotopic (exact) mass is 507 g/mol. The molecule has 4 aromatic rings. The number of aryl methyl sites for hydroxylation is 1. The lowest BCUT2D eigenvalue weighted by atomic mass is 10.1. The van der Waals surface area contributed by atoms with Crippen LogP contribution in [0.2, 0.25) is 0 Å². The number of anilines is 1. The van der Waals surface area contributed by atoms with Crippen LogP contribution in [0, 0.1) is 12.7 Å². The zero-order chi connectivity index (χ0) is 25.6. The predicted molar refractivity (Wildman–Crippen MR) is 138 cm³/mol. The molecule has 10 heteroatoms. The maximum atomic E-state index is 14.4. The molecule has 5 rings (SSSR count). The number of thiophene rings is 1. The molecule has 2 amide bonds.